The zero-order valence-electron chi connectivity index (χ0n) is 6.92. The zero-order chi connectivity index (χ0) is 9.10. The van der Waals surface area contributed by atoms with E-state index in [0.717, 1.165) is 4.88 Å². The molecule has 0 bridgehead atoms. The highest BCUT2D eigenvalue weighted by atomic mass is 32.1. The van der Waals surface area contributed by atoms with Crippen molar-refractivity contribution >= 4 is 11.3 Å². The van der Waals surface area contributed by atoms with Crippen LogP contribution in [-0.4, -0.2) is 20.2 Å². The Hall–Kier alpha value is -1.49. The maximum absolute atomic E-state index is 4.18. The van der Waals surface area contributed by atoms with E-state index < -0.39 is 0 Å². The molecule has 0 spiro atoms. The molecule has 0 aliphatic rings. The number of thiophene rings is 1. The van der Waals surface area contributed by atoms with Gasteiger partial charge in [0, 0.05) is 0 Å². The number of allylic oxidation sites excluding steroid dienone is 1. The third-order valence-electron chi connectivity index (χ3n) is 1.49. The van der Waals surface area contributed by atoms with E-state index in [1.807, 2.05) is 17.5 Å². The van der Waals surface area contributed by atoms with Gasteiger partial charge >= 0.3 is 0 Å². The first-order valence-corrected chi connectivity index (χ1v) is 4.70. The summed E-state index contributed by atoms with van der Waals surface area (Å²) in [4.78, 5) is 2.55. The molecule has 2 heterocycles. The van der Waals surface area contributed by atoms with Gasteiger partial charge in [-0.25, -0.2) is 0 Å². The molecule has 0 fully saturated rings. The van der Waals surface area contributed by atoms with Gasteiger partial charge in [-0.05, 0) is 16.7 Å². The second-order valence-corrected chi connectivity index (χ2v) is 3.38. The number of hydrogen-bond acceptors (Lipinski definition) is 4. The van der Waals surface area contributed by atoms with Gasteiger partial charge in [-0.1, -0.05) is 12.1 Å². The van der Waals surface area contributed by atoms with E-state index in [4.69, 9.17) is 0 Å². The quantitative estimate of drug-likeness (QED) is 0.693. The number of nitrogens with zero attached hydrogens (tertiary/aromatic N) is 4. The van der Waals surface area contributed by atoms with Crippen molar-refractivity contribution in [3.8, 4) is 10.7 Å². The Bertz CT molecular complexity index is 390. The predicted molar refractivity (Wildman–Crippen MR) is 51.3 cm³/mol. The third-order valence-corrected chi connectivity index (χ3v) is 2.35. The van der Waals surface area contributed by atoms with E-state index in [0.29, 0.717) is 12.4 Å². The highest BCUT2D eigenvalue weighted by Crippen LogP contribution is 2.19. The van der Waals surface area contributed by atoms with E-state index in [2.05, 4.69) is 22.0 Å². The van der Waals surface area contributed by atoms with Crippen LogP contribution in [0, 0.1) is 0 Å². The first kappa shape index (κ1) is 8.12. The Morgan fingerprint density at radius 2 is 2.54 bits per heavy atom. The lowest BCUT2D eigenvalue weighted by atomic mass is 10.5. The highest BCUT2D eigenvalue weighted by molar-refractivity contribution is 7.13. The van der Waals surface area contributed by atoms with Crippen LogP contribution in [0.2, 0.25) is 0 Å². The first-order valence-electron chi connectivity index (χ1n) is 3.83. The van der Waals surface area contributed by atoms with E-state index >= 15 is 0 Å². The van der Waals surface area contributed by atoms with E-state index in [-0.39, 0.29) is 0 Å². The van der Waals surface area contributed by atoms with Crippen LogP contribution < -0.4 is 0 Å². The molecule has 2 rings (SSSR count). The predicted octanol–water partition coefficient (Wildman–Crippen LogP) is 1.59. The van der Waals surface area contributed by atoms with Crippen molar-refractivity contribution in [1.82, 2.24) is 20.2 Å². The fourth-order valence-electron chi connectivity index (χ4n) is 0.940. The van der Waals surface area contributed by atoms with E-state index in [1.54, 1.807) is 17.4 Å². The second kappa shape index (κ2) is 3.49. The van der Waals surface area contributed by atoms with Crippen molar-refractivity contribution < 1.29 is 0 Å². The van der Waals surface area contributed by atoms with Crippen LogP contribution >= 0.6 is 11.3 Å². The van der Waals surface area contributed by atoms with Gasteiger partial charge in [0.25, 0.3) is 0 Å². The van der Waals surface area contributed by atoms with Crippen LogP contribution in [0.15, 0.2) is 30.2 Å². The van der Waals surface area contributed by atoms with Gasteiger partial charge in [0.05, 0.1) is 11.4 Å². The molecule has 0 radical (unpaired) electrons. The Morgan fingerprint density at radius 1 is 1.62 bits per heavy atom. The van der Waals surface area contributed by atoms with Gasteiger partial charge in [0.15, 0.2) is 0 Å². The lowest BCUT2D eigenvalue weighted by Crippen LogP contribution is -1.99. The number of hydrogen-bond donors (Lipinski definition) is 0. The highest BCUT2D eigenvalue weighted by Gasteiger charge is 2.04. The Kier molecular flexibility index (Phi) is 2.18. The van der Waals surface area contributed by atoms with Gasteiger partial charge in [0.2, 0.25) is 5.82 Å². The Balaban J connectivity index is 2.28. The molecule has 2 aromatic rings. The minimum Gasteiger partial charge on any atom is -0.160 e. The summed E-state index contributed by atoms with van der Waals surface area (Å²) in [6.45, 7) is 4.20. The molecule has 0 aliphatic heterocycles. The fourth-order valence-corrected chi connectivity index (χ4v) is 1.59. The Morgan fingerprint density at radius 3 is 3.23 bits per heavy atom. The molecular formula is C8H8N4S. The second-order valence-electron chi connectivity index (χ2n) is 2.43. The van der Waals surface area contributed by atoms with Crippen LogP contribution in [0.1, 0.15) is 0 Å². The summed E-state index contributed by atoms with van der Waals surface area (Å²) >= 11 is 1.60. The normalized spacial score (nSPS) is 10.2. The summed E-state index contributed by atoms with van der Waals surface area (Å²) < 4.78 is 0. The first-order chi connectivity index (χ1) is 6.40. The van der Waals surface area contributed by atoms with Crippen molar-refractivity contribution in [3.05, 3.63) is 30.2 Å². The SMILES string of the molecule is C=CCn1nnc(-c2cccs2)n1. The summed E-state index contributed by atoms with van der Waals surface area (Å²) in [5.41, 5.74) is 0. The molecule has 2 aromatic heterocycles. The van der Waals surface area contributed by atoms with Gasteiger partial charge < -0.3 is 0 Å². The minimum atomic E-state index is 0.596. The van der Waals surface area contributed by atoms with Gasteiger partial charge in [-0.2, -0.15) is 4.80 Å². The van der Waals surface area contributed by atoms with Crippen LogP contribution in [0.3, 0.4) is 0 Å². The maximum Gasteiger partial charge on any atom is 0.214 e. The Labute approximate surface area is 79.5 Å². The smallest absolute Gasteiger partial charge is 0.160 e. The van der Waals surface area contributed by atoms with Crippen LogP contribution in [-0.2, 0) is 6.54 Å². The molecule has 0 aromatic carbocycles. The molecule has 5 heteroatoms. The standard InChI is InChI=1S/C8H8N4S/c1-2-5-12-10-8(9-11-12)7-4-3-6-13-7/h2-4,6H,1,5H2. The molecule has 0 saturated carbocycles. The van der Waals surface area contributed by atoms with Crippen molar-refractivity contribution in [3.63, 3.8) is 0 Å². The average molecular weight is 192 g/mol. The van der Waals surface area contributed by atoms with Crippen molar-refractivity contribution in [2.75, 3.05) is 0 Å². The molecule has 0 N–H and O–H groups in total. The van der Waals surface area contributed by atoms with Crippen LogP contribution in [0.25, 0.3) is 10.7 Å². The molecule has 13 heavy (non-hydrogen) atoms. The largest absolute Gasteiger partial charge is 0.214 e. The van der Waals surface area contributed by atoms with Crippen molar-refractivity contribution in [2.45, 2.75) is 6.54 Å². The molecule has 0 amide bonds. The molecule has 66 valence electrons. The van der Waals surface area contributed by atoms with Gasteiger partial charge in [0.1, 0.15) is 0 Å². The lowest BCUT2D eigenvalue weighted by molar-refractivity contribution is 0.583. The maximum atomic E-state index is 4.18. The monoisotopic (exact) mass is 192 g/mol. The van der Waals surface area contributed by atoms with Crippen molar-refractivity contribution in [1.29, 1.82) is 0 Å². The molecule has 0 saturated heterocycles. The fraction of sp³-hybridized carbons (Fsp3) is 0.125. The molecule has 0 unspecified atom stereocenters. The van der Waals surface area contributed by atoms with Gasteiger partial charge in [-0.15, -0.1) is 28.1 Å². The summed E-state index contributed by atoms with van der Waals surface area (Å²) in [5, 5.41) is 14.0. The number of aromatic nitrogens is 4. The molecule has 4 nitrogen and oxygen atoms in total. The summed E-state index contributed by atoms with van der Waals surface area (Å²) in [6, 6.07) is 3.94. The van der Waals surface area contributed by atoms with E-state index in [9.17, 15) is 0 Å². The number of rotatable bonds is 3. The molecule has 0 atom stereocenters. The lowest BCUT2D eigenvalue weighted by Gasteiger charge is -1.87. The average Bonchev–Trinajstić information content (AvgIpc) is 2.70. The summed E-state index contributed by atoms with van der Waals surface area (Å²) in [6.07, 6.45) is 1.74. The van der Waals surface area contributed by atoms with Crippen LogP contribution in [0.5, 0.6) is 0 Å². The van der Waals surface area contributed by atoms with E-state index in [1.165, 1.54) is 4.80 Å². The summed E-state index contributed by atoms with van der Waals surface area (Å²) in [7, 11) is 0. The molecular weight excluding hydrogens is 184 g/mol. The summed E-state index contributed by atoms with van der Waals surface area (Å²) in [5.74, 6) is 0.678. The van der Waals surface area contributed by atoms with Crippen LogP contribution in [0.4, 0.5) is 0 Å². The minimum absolute atomic E-state index is 0.596. The molecule has 0 aliphatic carbocycles. The number of tetrazole rings is 1. The van der Waals surface area contributed by atoms with Crippen molar-refractivity contribution in [2.24, 2.45) is 0 Å². The topological polar surface area (TPSA) is 43.6 Å². The third kappa shape index (κ3) is 1.65. The van der Waals surface area contributed by atoms with Gasteiger partial charge in [-0.3, -0.25) is 0 Å². The zero-order valence-corrected chi connectivity index (χ0v) is 7.74.